The lowest BCUT2D eigenvalue weighted by Crippen LogP contribution is -2.47. The first-order valence-electron chi connectivity index (χ1n) is 7.64. The summed E-state index contributed by atoms with van der Waals surface area (Å²) in [6, 6.07) is 0.507. The minimum Gasteiger partial charge on any atom is -0.341 e. The molecule has 2 aliphatic rings. The summed E-state index contributed by atoms with van der Waals surface area (Å²) in [6.45, 7) is 4.21. The number of nitrogens with zero attached hydrogens (tertiary/aromatic N) is 1. The summed E-state index contributed by atoms with van der Waals surface area (Å²) in [7, 11) is 2.00. The SMILES string of the molecule is CNC1CCCN(C(=O)CC2CCCC(C)C2)C1.Cl. The lowest BCUT2D eigenvalue weighted by Gasteiger charge is -2.34. The van der Waals surface area contributed by atoms with Crippen molar-refractivity contribution in [3.8, 4) is 0 Å². The van der Waals surface area contributed by atoms with Gasteiger partial charge in [-0.05, 0) is 44.6 Å². The van der Waals surface area contributed by atoms with Crippen LogP contribution in [0.5, 0.6) is 0 Å². The van der Waals surface area contributed by atoms with E-state index >= 15 is 0 Å². The predicted octanol–water partition coefficient (Wildman–Crippen LogP) is 2.84. The van der Waals surface area contributed by atoms with E-state index in [1.807, 2.05) is 7.05 Å². The molecular formula is C15H29ClN2O. The Morgan fingerprint density at radius 3 is 2.74 bits per heavy atom. The number of hydrogen-bond donors (Lipinski definition) is 1. The maximum Gasteiger partial charge on any atom is 0.222 e. The van der Waals surface area contributed by atoms with E-state index in [1.54, 1.807) is 0 Å². The third kappa shape index (κ3) is 4.96. The normalized spacial score (nSPS) is 31.7. The Bertz CT molecular complexity index is 285. The number of amides is 1. The quantitative estimate of drug-likeness (QED) is 0.866. The zero-order valence-electron chi connectivity index (χ0n) is 12.4. The Morgan fingerprint density at radius 2 is 2.05 bits per heavy atom. The van der Waals surface area contributed by atoms with Gasteiger partial charge in [0.1, 0.15) is 0 Å². The Hall–Kier alpha value is -0.280. The van der Waals surface area contributed by atoms with E-state index in [0.29, 0.717) is 17.9 Å². The molecule has 0 aromatic heterocycles. The number of halogens is 1. The second kappa shape index (κ2) is 8.11. The smallest absolute Gasteiger partial charge is 0.222 e. The molecule has 0 aromatic rings. The molecule has 3 unspecified atom stereocenters. The van der Waals surface area contributed by atoms with Crippen molar-refractivity contribution in [1.29, 1.82) is 0 Å². The van der Waals surface area contributed by atoms with Crippen LogP contribution in [0.1, 0.15) is 51.9 Å². The molecule has 3 nitrogen and oxygen atoms in total. The third-order valence-electron chi connectivity index (χ3n) is 4.69. The summed E-state index contributed by atoms with van der Waals surface area (Å²) in [6.07, 6.45) is 8.35. The van der Waals surface area contributed by atoms with E-state index in [4.69, 9.17) is 0 Å². The van der Waals surface area contributed by atoms with Gasteiger partial charge in [-0.25, -0.2) is 0 Å². The van der Waals surface area contributed by atoms with Gasteiger partial charge < -0.3 is 10.2 Å². The summed E-state index contributed by atoms with van der Waals surface area (Å²) in [4.78, 5) is 14.4. The molecule has 2 rings (SSSR count). The number of rotatable bonds is 3. The number of hydrogen-bond acceptors (Lipinski definition) is 2. The molecule has 3 atom stereocenters. The first-order chi connectivity index (χ1) is 8.69. The molecule has 0 spiro atoms. The lowest BCUT2D eigenvalue weighted by atomic mass is 9.80. The summed E-state index contributed by atoms with van der Waals surface area (Å²) in [5.41, 5.74) is 0. The van der Waals surface area contributed by atoms with E-state index in [0.717, 1.165) is 31.8 Å². The first-order valence-corrected chi connectivity index (χ1v) is 7.64. The van der Waals surface area contributed by atoms with Gasteiger partial charge in [-0.3, -0.25) is 4.79 Å². The van der Waals surface area contributed by atoms with Crippen molar-refractivity contribution in [2.24, 2.45) is 11.8 Å². The van der Waals surface area contributed by atoms with Gasteiger partial charge in [-0.2, -0.15) is 0 Å². The molecule has 1 saturated heterocycles. The largest absolute Gasteiger partial charge is 0.341 e. The topological polar surface area (TPSA) is 32.3 Å². The Balaban J connectivity index is 0.00000180. The Labute approximate surface area is 123 Å². The molecule has 4 heteroatoms. The molecule has 2 fully saturated rings. The van der Waals surface area contributed by atoms with Crippen molar-refractivity contribution in [2.45, 2.75) is 57.9 Å². The number of carbonyl (C=O) groups is 1. The van der Waals surface area contributed by atoms with E-state index in [-0.39, 0.29) is 12.4 Å². The van der Waals surface area contributed by atoms with Crippen LogP contribution in [0.3, 0.4) is 0 Å². The number of carbonyl (C=O) groups excluding carboxylic acids is 1. The van der Waals surface area contributed by atoms with Crippen LogP contribution in [-0.2, 0) is 4.79 Å². The average molecular weight is 289 g/mol. The highest BCUT2D eigenvalue weighted by Gasteiger charge is 2.26. The molecule has 1 amide bonds. The number of nitrogens with one attached hydrogen (secondary N) is 1. The van der Waals surface area contributed by atoms with Crippen LogP contribution in [0, 0.1) is 11.8 Å². The molecule has 1 N–H and O–H groups in total. The van der Waals surface area contributed by atoms with Gasteiger partial charge in [0, 0.05) is 25.6 Å². The third-order valence-corrected chi connectivity index (χ3v) is 4.69. The van der Waals surface area contributed by atoms with Crippen LogP contribution in [0.4, 0.5) is 0 Å². The van der Waals surface area contributed by atoms with Crippen molar-refractivity contribution >= 4 is 18.3 Å². The van der Waals surface area contributed by atoms with Gasteiger partial charge in [-0.1, -0.05) is 19.8 Å². The van der Waals surface area contributed by atoms with Gasteiger partial charge >= 0.3 is 0 Å². The Kier molecular flexibility index (Phi) is 7.16. The van der Waals surface area contributed by atoms with Crippen molar-refractivity contribution in [2.75, 3.05) is 20.1 Å². The first kappa shape index (κ1) is 16.8. The fourth-order valence-corrected chi connectivity index (χ4v) is 3.56. The van der Waals surface area contributed by atoms with Crippen molar-refractivity contribution in [1.82, 2.24) is 10.2 Å². The standard InChI is InChI=1S/C15H28N2O.ClH/c1-12-5-3-6-13(9-12)10-15(18)17-8-4-7-14(11-17)16-2;/h12-14,16H,3-11H2,1-2H3;1H. The Morgan fingerprint density at radius 1 is 1.26 bits per heavy atom. The number of likely N-dealkylation sites (N-methyl/N-ethyl adjacent to an activating group) is 1. The van der Waals surface area contributed by atoms with Crippen LogP contribution < -0.4 is 5.32 Å². The molecule has 0 aromatic carbocycles. The number of piperidine rings is 1. The molecule has 1 saturated carbocycles. The molecule has 0 bridgehead atoms. The summed E-state index contributed by atoms with van der Waals surface area (Å²) < 4.78 is 0. The molecule has 1 heterocycles. The van der Waals surface area contributed by atoms with Crippen LogP contribution in [0.25, 0.3) is 0 Å². The highest BCUT2D eigenvalue weighted by Crippen LogP contribution is 2.31. The van der Waals surface area contributed by atoms with Gasteiger partial charge in [0.25, 0.3) is 0 Å². The second-order valence-electron chi connectivity index (χ2n) is 6.31. The van der Waals surface area contributed by atoms with Crippen molar-refractivity contribution < 1.29 is 4.79 Å². The van der Waals surface area contributed by atoms with E-state index in [2.05, 4.69) is 17.1 Å². The second-order valence-corrected chi connectivity index (χ2v) is 6.31. The predicted molar refractivity (Wildman–Crippen MR) is 81.6 cm³/mol. The minimum atomic E-state index is 0. The zero-order valence-corrected chi connectivity index (χ0v) is 13.2. The van der Waals surface area contributed by atoms with Crippen LogP contribution in [-0.4, -0.2) is 37.0 Å². The lowest BCUT2D eigenvalue weighted by molar-refractivity contribution is -0.133. The molecule has 19 heavy (non-hydrogen) atoms. The molecule has 1 aliphatic carbocycles. The number of likely N-dealkylation sites (tertiary alicyclic amines) is 1. The maximum absolute atomic E-state index is 12.3. The van der Waals surface area contributed by atoms with E-state index < -0.39 is 0 Å². The molecule has 112 valence electrons. The van der Waals surface area contributed by atoms with Crippen LogP contribution in [0.15, 0.2) is 0 Å². The summed E-state index contributed by atoms with van der Waals surface area (Å²) >= 11 is 0. The molecule has 0 radical (unpaired) electrons. The average Bonchev–Trinajstić information content (AvgIpc) is 2.39. The fourth-order valence-electron chi connectivity index (χ4n) is 3.56. The summed E-state index contributed by atoms with van der Waals surface area (Å²) in [5.74, 6) is 1.87. The van der Waals surface area contributed by atoms with Crippen molar-refractivity contribution in [3.63, 3.8) is 0 Å². The fraction of sp³-hybridized carbons (Fsp3) is 0.933. The van der Waals surface area contributed by atoms with Gasteiger partial charge in [0.15, 0.2) is 0 Å². The van der Waals surface area contributed by atoms with Gasteiger partial charge in [0.2, 0.25) is 5.91 Å². The summed E-state index contributed by atoms with van der Waals surface area (Å²) in [5, 5.41) is 3.31. The van der Waals surface area contributed by atoms with E-state index in [9.17, 15) is 4.79 Å². The zero-order chi connectivity index (χ0) is 13.0. The van der Waals surface area contributed by atoms with Gasteiger partial charge in [0.05, 0.1) is 0 Å². The van der Waals surface area contributed by atoms with Gasteiger partial charge in [-0.15, -0.1) is 12.4 Å². The highest BCUT2D eigenvalue weighted by atomic mass is 35.5. The monoisotopic (exact) mass is 288 g/mol. The highest BCUT2D eigenvalue weighted by molar-refractivity contribution is 5.85. The maximum atomic E-state index is 12.3. The molecular weight excluding hydrogens is 260 g/mol. The van der Waals surface area contributed by atoms with Crippen molar-refractivity contribution in [3.05, 3.63) is 0 Å². The van der Waals surface area contributed by atoms with Crippen LogP contribution in [0.2, 0.25) is 0 Å². The molecule has 1 aliphatic heterocycles. The van der Waals surface area contributed by atoms with E-state index in [1.165, 1.54) is 32.1 Å². The van der Waals surface area contributed by atoms with Crippen LogP contribution >= 0.6 is 12.4 Å². The minimum absolute atomic E-state index is 0.